The number of rotatable bonds is 3. The summed E-state index contributed by atoms with van der Waals surface area (Å²) >= 11 is 3.30. The molecule has 1 aromatic heterocycles. The van der Waals surface area contributed by atoms with Crippen molar-refractivity contribution in [1.82, 2.24) is 9.88 Å². The van der Waals surface area contributed by atoms with Crippen molar-refractivity contribution in [3.05, 3.63) is 28.5 Å². The third kappa shape index (κ3) is 3.70. The van der Waals surface area contributed by atoms with Crippen LogP contribution in [0.2, 0.25) is 0 Å². The second kappa shape index (κ2) is 5.50. The number of hydrogen-bond acceptors (Lipinski definition) is 3. The van der Waals surface area contributed by atoms with Crippen LogP contribution in [0.3, 0.4) is 0 Å². The summed E-state index contributed by atoms with van der Waals surface area (Å²) in [5, 5.41) is 8.93. The van der Waals surface area contributed by atoms with E-state index in [-0.39, 0.29) is 13.1 Å². The zero-order valence-corrected chi connectivity index (χ0v) is 11.6. The second-order valence-electron chi connectivity index (χ2n) is 4.73. The lowest BCUT2D eigenvalue weighted by molar-refractivity contribution is -0.153. The number of hydrogen-bond donors (Lipinski definition) is 1. The van der Waals surface area contributed by atoms with Gasteiger partial charge in [0.2, 0.25) is 0 Å². The van der Waals surface area contributed by atoms with Crippen molar-refractivity contribution in [2.45, 2.75) is 18.9 Å². The summed E-state index contributed by atoms with van der Waals surface area (Å²) in [5.41, 5.74) is 0.817. The van der Waals surface area contributed by atoms with E-state index in [9.17, 15) is 13.6 Å². The van der Waals surface area contributed by atoms with Gasteiger partial charge in [-0.2, -0.15) is 0 Å². The molecule has 1 aromatic rings. The van der Waals surface area contributed by atoms with Crippen molar-refractivity contribution in [1.29, 1.82) is 0 Å². The number of aliphatic carboxylic acids is 1. The molecule has 104 valence electrons. The smallest absolute Gasteiger partial charge is 0.308 e. The van der Waals surface area contributed by atoms with Crippen LogP contribution >= 0.6 is 15.9 Å². The number of aromatic nitrogens is 1. The van der Waals surface area contributed by atoms with Crippen molar-refractivity contribution < 1.29 is 18.7 Å². The fourth-order valence-corrected chi connectivity index (χ4v) is 2.63. The van der Waals surface area contributed by atoms with E-state index < -0.39 is 30.8 Å². The van der Waals surface area contributed by atoms with Crippen LogP contribution in [-0.4, -0.2) is 40.0 Å². The molecule has 4 nitrogen and oxygen atoms in total. The first-order valence-electron chi connectivity index (χ1n) is 5.79. The standard InChI is InChI=1S/C12H13BrF2N2O2/c13-10-4-16-2-1-8(10)5-17-6-9(11(18)19)3-12(14,15)7-17/h1-2,4,9H,3,5-7H2,(H,18,19). The van der Waals surface area contributed by atoms with E-state index in [1.165, 1.54) is 4.90 Å². The fourth-order valence-electron chi connectivity index (χ4n) is 2.25. The number of nitrogens with zero attached hydrogens (tertiary/aromatic N) is 2. The molecule has 2 rings (SSSR count). The van der Waals surface area contributed by atoms with Crippen LogP contribution in [0.25, 0.3) is 0 Å². The number of piperidine rings is 1. The van der Waals surface area contributed by atoms with Gasteiger partial charge in [-0.3, -0.25) is 14.7 Å². The highest BCUT2D eigenvalue weighted by molar-refractivity contribution is 9.10. The highest BCUT2D eigenvalue weighted by Gasteiger charge is 2.42. The first kappa shape index (κ1) is 14.3. The second-order valence-corrected chi connectivity index (χ2v) is 5.59. The average molecular weight is 335 g/mol. The van der Waals surface area contributed by atoms with Gasteiger partial charge in [0.25, 0.3) is 5.92 Å². The van der Waals surface area contributed by atoms with E-state index >= 15 is 0 Å². The molecular formula is C12H13BrF2N2O2. The molecule has 1 saturated heterocycles. The number of carboxylic acid groups (broad SMARTS) is 1. The van der Waals surface area contributed by atoms with Gasteiger partial charge in [-0.05, 0) is 27.6 Å². The van der Waals surface area contributed by atoms with Gasteiger partial charge in [-0.1, -0.05) is 0 Å². The van der Waals surface area contributed by atoms with E-state index in [4.69, 9.17) is 5.11 Å². The monoisotopic (exact) mass is 334 g/mol. The zero-order valence-electron chi connectivity index (χ0n) is 10.0. The molecule has 0 saturated carbocycles. The molecule has 0 amide bonds. The Labute approximate surface area is 117 Å². The summed E-state index contributed by atoms with van der Waals surface area (Å²) in [5.74, 6) is -5.15. The average Bonchev–Trinajstić information content (AvgIpc) is 2.30. The van der Waals surface area contributed by atoms with Crippen LogP contribution in [0.1, 0.15) is 12.0 Å². The molecule has 0 aromatic carbocycles. The van der Waals surface area contributed by atoms with Crippen molar-refractivity contribution in [2.75, 3.05) is 13.1 Å². The third-order valence-electron chi connectivity index (χ3n) is 3.08. The molecule has 19 heavy (non-hydrogen) atoms. The topological polar surface area (TPSA) is 53.4 Å². The van der Waals surface area contributed by atoms with Gasteiger partial charge in [0.15, 0.2) is 0 Å². The van der Waals surface area contributed by atoms with E-state index in [1.807, 2.05) is 0 Å². The summed E-state index contributed by atoms with van der Waals surface area (Å²) < 4.78 is 27.8. The Morgan fingerprint density at radius 1 is 1.63 bits per heavy atom. The van der Waals surface area contributed by atoms with Gasteiger partial charge in [-0.25, -0.2) is 8.78 Å². The lowest BCUT2D eigenvalue weighted by atomic mass is 9.95. The number of halogens is 3. The third-order valence-corrected chi connectivity index (χ3v) is 3.79. The van der Waals surface area contributed by atoms with Crippen LogP contribution in [0.4, 0.5) is 8.78 Å². The van der Waals surface area contributed by atoms with Crippen LogP contribution in [0.5, 0.6) is 0 Å². The summed E-state index contributed by atoms with van der Waals surface area (Å²) in [7, 11) is 0. The van der Waals surface area contributed by atoms with Gasteiger partial charge >= 0.3 is 5.97 Å². The summed E-state index contributed by atoms with van der Waals surface area (Å²) in [6.07, 6.45) is 2.58. The Bertz CT molecular complexity index is 485. The lowest BCUT2D eigenvalue weighted by Crippen LogP contribution is -2.48. The Morgan fingerprint density at radius 3 is 3.00 bits per heavy atom. The highest BCUT2D eigenvalue weighted by atomic mass is 79.9. The molecule has 1 aliphatic heterocycles. The zero-order chi connectivity index (χ0) is 14.0. The van der Waals surface area contributed by atoms with E-state index in [0.29, 0.717) is 0 Å². The van der Waals surface area contributed by atoms with Gasteiger partial charge < -0.3 is 5.11 Å². The minimum absolute atomic E-state index is 0.139. The first-order chi connectivity index (χ1) is 8.87. The van der Waals surface area contributed by atoms with Crippen LogP contribution in [-0.2, 0) is 11.3 Å². The van der Waals surface area contributed by atoms with Gasteiger partial charge in [0.1, 0.15) is 0 Å². The van der Waals surface area contributed by atoms with Gasteiger partial charge in [0, 0.05) is 36.4 Å². The fraction of sp³-hybridized carbons (Fsp3) is 0.500. The first-order valence-corrected chi connectivity index (χ1v) is 6.58. The molecule has 2 heterocycles. The van der Waals surface area contributed by atoms with Crippen molar-refractivity contribution in [2.24, 2.45) is 5.92 Å². The maximum atomic E-state index is 13.5. The molecule has 0 bridgehead atoms. The largest absolute Gasteiger partial charge is 0.481 e. The highest BCUT2D eigenvalue weighted by Crippen LogP contribution is 2.32. The predicted octanol–water partition coefficient (Wildman–Crippen LogP) is 2.39. The van der Waals surface area contributed by atoms with Crippen LogP contribution < -0.4 is 0 Å². The van der Waals surface area contributed by atoms with Crippen LogP contribution in [0.15, 0.2) is 22.9 Å². The Hall–Kier alpha value is -1.08. The van der Waals surface area contributed by atoms with Gasteiger partial charge in [-0.15, -0.1) is 0 Å². The molecular weight excluding hydrogens is 322 g/mol. The SMILES string of the molecule is O=C(O)C1CN(Cc2ccncc2Br)CC(F)(F)C1. The minimum Gasteiger partial charge on any atom is -0.481 e. The molecule has 1 fully saturated rings. The summed E-state index contributed by atoms with van der Waals surface area (Å²) in [6.45, 7) is 0.00764. The van der Waals surface area contributed by atoms with Gasteiger partial charge in [0.05, 0.1) is 12.5 Å². The van der Waals surface area contributed by atoms with Crippen LogP contribution in [0, 0.1) is 5.92 Å². The van der Waals surface area contributed by atoms with Crippen molar-refractivity contribution in [3.63, 3.8) is 0 Å². The Kier molecular flexibility index (Phi) is 4.15. The number of alkyl halides is 2. The van der Waals surface area contributed by atoms with E-state index in [2.05, 4.69) is 20.9 Å². The molecule has 0 spiro atoms. The predicted molar refractivity (Wildman–Crippen MR) is 67.9 cm³/mol. The molecule has 1 aliphatic rings. The molecule has 0 radical (unpaired) electrons. The Balaban J connectivity index is 2.11. The van der Waals surface area contributed by atoms with E-state index in [1.54, 1.807) is 18.5 Å². The molecule has 1 N–H and O–H groups in total. The Morgan fingerprint density at radius 2 is 2.37 bits per heavy atom. The number of carboxylic acids is 1. The number of carbonyl (C=O) groups is 1. The molecule has 1 atom stereocenters. The lowest BCUT2D eigenvalue weighted by Gasteiger charge is -2.36. The number of likely N-dealkylation sites (tertiary alicyclic amines) is 1. The minimum atomic E-state index is -2.96. The molecule has 1 unspecified atom stereocenters. The van der Waals surface area contributed by atoms with Crippen molar-refractivity contribution in [3.8, 4) is 0 Å². The normalized spacial score (nSPS) is 23.2. The van der Waals surface area contributed by atoms with Crippen molar-refractivity contribution >= 4 is 21.9 Å². The quantitative estimate of drug-likeness (QED) is 0.922. The number of pyridine rings is 1. The summed E-state index contributed by atoms with van der Waals surface area (Å²) in [4.78, 5) is 16.3. The molecule has 0 aliphatic carbocycles. The van der Waals surface area contributed by atoms with E-state index in [0.717, 1.165) is 10.0 Å². The summed E-state index contributed by atoms with van der Waals surface area (Å²) in [6, 6.07) is 1.73. The molecule has 7 heteroatoms. The maximum Gasteiger partial charge on any atom is 0.308 e. The maximum absolute atomic E-state index is 13.5.